The third-order valence-electron chi connectivity index (χ3n) is 3.19. The molecule has 0 saturated heterocycles. The molecule has 1 fully saturated rings. The van der Waals surface area contributed by atoms with Gasteiger partial charge in [-0.2, -0.15) is 0 Å². The van der Waals surface area contributed by atoms with Crippen molar-refractivity contribution in [3.63, 3.8) is 0 Å². The maximum atomic E-state index is 13.1. The fourth-order valence-corrected chi connectivity index (χ4v) is 2.16. The fourth-order valence-electron chi connectivity index (χ4n) is 2.16. The van der Waals surface area contributed by atoms with Crippen LogP contribution in [0.3, 0.4) is 0 Å². The molecule has 0 aliphatic heterocycles. The molecule has 3 N–H and O–H groups in total. The van der Waals surface area contributed by atoms with Crippen LogP contribution in [0.5, 0.6) is 5.75 Å². The predicted octanol–water partition coefficient (Wildman–Crippen LogP) is 2.17. The SMILES string of the molecule is NC1CCC(Oc2cc(F)ccc2C(=O)O)CC1. The number of halogens is 1. The molecular weight excluding hydrogens is 237 g/mol. The number of carbonyl (C=O) groups is 1. The van der Waals surface area contributed by atoms with E-state index in [1.165, 1.54) is 6.07 Å². The van der Waals surface area contributed by atoms with Gasteiger partial charge in [0, 0.05) is 12.1 Å². The lowest BCUT2D eigenvalue weighted by molar-refractivity contribution is 0.0685. The van der Waals surface area contributed by atoms with Crippen molar-refractivity contribution in [1.29, 1.82) is 0 Å². The molecule has 18 heavy (non-hydrogen) atoms. The molecule has 5 heteroatoms. The van der Waals surface area contributed by atoms with Crippen LogP contribution >= 0.6 is 0 Å². The van der Waals surface area contributed by atoms with Crippen molar-refractivity contribution < 1.29 is 19.0 Å². The first-order valence-electron chi connectivity index (χ1n) is 6.01. The molecule has 0 unspecified atom stereocenters. The zero-order valence-electron chi connectivity index (χ0n) is 9.93. The molecule has 0 atom stereocenters. The van der Waals surface area contributed by atoms with E-state index in [1.807, 2.05) is 0 Å². The van der Waals surface area contributed by atoms with Crippen LogP contribution in [0.1, 0.15) is 36.0 Å². The van der Waals surface area contributed by atoms with Gasteiger partial charge >= 0.3 is 5.97 Å². The van der Waals surface area contributed by atoms with Gasteiger partial charge in [0.2, 0.25) is 0 Å². The van der Waals surface area contributed by atoms with Gasteiger partial charge in [0.15, 0.2) is 0 Å². The number of benzene rings is 1. The normalized spacial score (nSPS) is 23.7. The van der Waals surface area contributed by atoms with Crippen LogP contribution in [0.4, 0.5) is 4.39 Å². The van der Waals surface area contributed by atoms with Crippen molar-refractivity contribution in [2.24, 2.45) is 5.73 Å². The van der Waals surface area contributed by atoms with Gasteiger partial charge in [-0.15, -0.1) is 0 Å². The van der Waals surface area contributed by atoms with E-state index in [0.717, 1.165) is 37.8 Å². The van der Waals surface area contributed by atoms with Gasteiger partial charge in [-0.1, -0.05) is 0 Å². The Balaban J connectivity index is 2.12. The minimum absolute atomic E-state index is 0.00808. The number of rotatable bonds is 3. The van der Waals surface area contributed by atoms with Crippen LogP contribution in [-0.2, 0) is 0 Å². The van der Waals surface area contributed by atoms with E-state index in [-0.39, 0.29) is 23.5 Å². The lowest BCUT2D eigenvalue weighted by Gasteiger charge is -2.27. The minimum Gasteiger partial charge on any atom is -0.489 e. The average Bonchev–Trinajstić information content (AvgIpc) is 2.32. The summed E-state index contributed by atoms with van der Waals surface area (Å²) in [4.78, 5) is 11.0. The maximum absolute atomic E-state index is 13.1. The first-order valence-corrected chi connectivity index (χ1v) is 6.01. The lowest BCUT2D eigenvalue weighted by atomic mass is 9.93. The standard InChI is InChI=1S/C13H16FNO3/c14-8-1-6-11(13(16)17)12(7-8)18-10-4-2-9(15)3-5-10/h1,6-7,9-10H,2-5,15H2,(H,16,17). The van der Waals surface area contributed by atoms with Crippen molar-refractivity contribution in [2.75, 3.05) is 0 Å². The zero-order chi connectivity index (χ0) is 13.1. The number of carboxylic acid groups (broad SMARTS) is 1. The van der Waals surface area contributed by atoms with Crippen molar-refractivity contribution in [3.8, 4) is 5.75 Å². The monoisotopic (exact) mass is 253 g/mol. The fraction of sp³-hybridized carbons (Fsp3) is 0.462. The quantitative estimate of drug-likeness (QED) is 0.866. The zero-order valence-corrected chi connectivity index (χ0v) is 9.93. The highest BCUT2D eigenvalue weighted by atomic mass is 19.1. The Morgan fingerprint density at radius 1 is 1.33 bits per heavy atom. The largest absolute Gasteiger partial charge is 0.489 e. The summed E-state index contributed by atoms with van der Waals surface area (Å²) < 4.78 is 18.7. The molecule has 0 radical (unpaired) electrons. The highest BCUT2D eigenvalue weighted by Gasteiger charge is 2.22. The number of carboxylic acids is 1. The highest BCUT2D eigenvalue weighted by Crippen LogP contribution is 2.26. The van der Waals surface area contributed by atoms with Gasteiger partial charge in [0.25, 0.3) is 0 Å². The molecule has 0 heterocycles. The number of ether oxygens (including phenoxy) is 1. The van der Waals surface area contributed by atoms with Crippen LogP contribution < -0.4 is 10.5 Å². The second-order valence-electron chi connectivity index (χ2n) is 4.60. The summed E-state index contributed by atoms with van der Waals surface area (Å²) in [6.45, 7) is 0. The van der Waals surface area contributed by atoms with Crippen molar-refractivity contribution >= 4 is 5.97 Å². The Bertz CT molecular complexity index is 442. The summed E-state index contributed by atoms with van der Waals surface area (Å²) in [5.74, 6) is -1.51. The van der Waals surface area contributed by atoms with E-state index in [4.69, 9.17) is 15.6 Å². The van der Waals surface area contributed by atoms with E-state index >= 15 is 0 Å². The summed E-state index contributed by atoms with van der Waals surface area (Å²) in [5.41, 5.74) is 5.77. The maximum Gasteiger partial charge on any atom is 0.339 e. The molecule has 4 nitrogen and oxygen atoms in total. The molecular formula is C13H16FNO3. The molecule has 0 aromatic heterocycles. The van der Waals surface area contributed by atoms with Crippen molar-refractivity contribution in [3.05, 3.63) is 29.6 Å². The van der Waals surface area contributed by atoms with E-state index in [0.29, 0.717) is 0 Å². The van der Waals surface area contributed by atoms with E-state index in [9.17, 15) is 9.18 Å². The Labute approximate surface area is 105 Å². The summed E-state index contributed by atoms with van der Waals surface area (Å²) in [5, 5.41) is 9.01. The van der Waals surface area contributed by atoms with E-state index in [2.05, 4.69) is 0 Å². The summed E-state index contributed by atoms with van der Waals surface area (Å²) >= 11 is 0. The van der Waals surface area contributed by atoms with Crippen LogP contribution in [0.25, 0.3) is 0 Å². The third-order valence-corrected chi connectivity index (χ3v) is 3.19. The first kappa shape index (κ1) is 12.8. The highest BCUT2D eigenvalue weighted by molar-refractivity contribution is 5.90. The molecule has 1 aliphatic carbocycles. The van der Waals surface area contributed by atoms with Gasteiger partial charge in [-0.3, -0.25) is 0 Å². The van der Waals surface area contributed by atoms with Crippen LogP contribution in [-0.4, -0.2) is 23.2 Å². The molecule has 1 saturated carbocycles. The Morgan fingerprint density at radius 2 is 2.00 bits per heavy atom. The minimum atomic E-state index is -1.11. The van der Waals surface area contributed by atoms with Gasteiger partial charge < -0.3 is 15.6 Å². The molecule has 1 aromatic carbocycles. The second-order valence-corrected chi connectivity index (χ2v) is 4.60. The van der Waals surface area contributed by atoms with Crippen LogP contribution in [0, 0.1) is 5.82 Å². The smallest absolute Gasteiger partial charge is 0.339 e. The Kier molecular flexibility index (Phi) is 3.81. The van der Waals surface area contributed by atoms with Gasteiger partial charge in [0.05, 0.1) is 6.10 Å². The average molecular weight is 253 g/mol. The van der Waals surface area contributed by atoms with Crippen LogP contribution in [0.15, 0.2) is 18.2 Å². The number of nitrogens with two attached hydrogens (primary N) is 1. The van der Waals surface area contributed by atoms with E-state index in [1.54, 1.807) is 0 Å². The van der Waals surface area contributed by atoms with Gasteiger partial charge in [0.1, 0.15) is 17.1 Å². The van der Waals surface area contributed by atoms with Gasteiger partial charge in [-0.05, 0) is 37.8 Å². The Morgan fingerprint density at radius 3 is 2.61 bits per heavy atom. The molecule has 0 spiro atoms. The number of hydrogen-bond acceptors (Lipinski definition) is 3. The topological polar surface area (TPSA) is 72.5 Å². The summed E-state index contributed by atoms with van der Waals surface area (Å²) in [6, 6.07) is 3.66. The Hall–Kier alpha value is -1.62. The second kappa shape index (κ2) is 5.35. The van der Waals surface area contributed by atoms with Crippen molar-refractivity contribution in [1.82, 2.24) is 0 Å². The number of aromatic carboxylic acids is 1. The van der Waals surface area contributed by atoms with E-state index < -0.39 is 11.8 Å². The van der Waals surface area contributed by atoms with Crippen molar-refractivity contribution in [2.45, 2.75) is 37.8 Å². The summed E-state index contributed by atoms with van der Waals surface area (Å²) in [7, 11) is 0. The predicted molar refractivity (Wildman–Crippen MR) is 64.2 cm³/mol. The molecule has 98 valence electrons. The lowest BCUT2D eigenvalue weighted by Crippen LogP contribution is -2.32. The third kappa shape index (κ3) is 2.98. The molecule has 0 bridgehead atoms. The number of hydrogen-bond donors (Lipinski definition) is 2. The molecule has 1 aliphatic rings. The van der Waals surface area contributed by atoms with Gasteiger partial charge in [-0.25, -0.2) is 9.18 Å². The van der Waals surface area contributed by atoms with Crippen LogP contribution in [0.2, 0.25) is 0 Å². The molecule has 2 rings (SSSR count). The summed E-state index contributed by atoms with van der Waals surface area (Å²) in [6.07, 6.45) is 3.17. The molecule has 1 aromatic rings. The first-order chi connectivity index (χ1) is 8.56. The molecule has 0 amide bonds.